The summed E-state index contributed by atoms with van der Waals surface area (Å²) in [6, 6.07) is 5.50. The van der Waals surface area contributed by atoms with Gasteiger partial charge in [-0.15, -0.1) is 0 Å². The summed E-state index contributed by atoms with van der Waals surface area (Å²) in [6.07, 6.45) is 6.45. The van der Waals surface area contributed by atoms with Crippen LogP contribution < -0.4 is 21.5 Å². The summed E-state index contributed by atoms with van der Waals surface area (Å²) in [4.78, 5) is 26.7. The highest BCUT2D eigenvalue weighted by Gasteiger charge is 2.23. The molecule has 1 fully saturated rings. The fourth-order valence-corrected chi connectivity index (χ4v) is 2.80. The first-order valence-electron chi connectivity index (χ1n) is 8.01. The number of nitrogens with one attached hydrogen (secondary N) is 2. The molecule has 3 rings (SSSR count). The number of aromatic nitrogens is 3. The standard InChI is InChI=1S/C16H21N7O/c1-11-6-3-5-9-23(11)15-13(17)14(19-10-20-15)21-22-16(24)12-7-2-4-8-18-12/h2,4,7-8,10-11H,3,5-6,9,17H2,1H3,(H,22,24)(H,19,20,21). The summed E-state index contributed by atoms with van der Waals surface area (Å²) < 4.78 is 0. The van der Waals surface area contributed by atoms with Crippen molar-refractivity contribution < 1.29 is 4.79 Å². The minimum atomic E-state index is -0.360. The fourth-order valence-electron chi connectivity index (χ4n) is 2.80. The predicted molar refractivity (Wildman–Crippen MR) is 92.4 cm³/mol. The molecule has 1 unspecified atom stereocenters. The number of amides is 1. The van der Waals surface area contributed by atoms with E-state index in [1.54, 1.807) is 24.4 Å². The number of piperidine rings is 1. The molecule has 126 valence electrons. The monoisotopic (exact) mass is 327 g/mol. The lowest BCUT2D eigenvalue weighted by atomic mass is 10.0. The van der Waals surface area contributed by atoms with E-state index in [0.29, 0.717) is 29.1 Å². The number of carbonyl (C=O) groups is 1. The number of carbonyl (C=O) groups excluding carboxylic acids is 1. The van der Waals surface area contributed by atoms with Gasteiger partial charge in [0.05, 0.1) is 0 Å². The second-order valence-electron chi connectivity index (χ2n) is 5.79. The van der Waals surface area contributed by atoms with Crippen LogP contribution in [0.2, 0.25) is 0 Å². The summed E-state index contributed by atoms with van der Waals surface area (Å²) in [6.45, 7) is 3.08. The van der Waals surface area contributed by atoms with E-state index in [9.17, 15) is 4.79 Å². The van der Waals surface area contributed by atoms with E-state index < -0.39 is 0 Å². The van der Waals surface area contributed by atoms with E-state index in [-0.39, 0.29) is 5.91 Å². The van der Waals surface area contributed by atoms with Crippen LogP contribution in [-0.2, 0) is 0 Å². The molecule has 0 aliphatic carbocycles. The Balaban J connectivity index is 1.72. The van der Waals surface area contributed by atoms with Crippen molar-refractivity contribution in [3.8, 4) is 0 Å². The first-order chi connectivity index (χ1) is 11.7. The van der Waals surface area contributed by atoms with Crippen molar-refractivity contribution in [1.82, 2.24) is 20.4 Å². The van der Waals surface area contributed by atoms with Gasteiger partial charge in [-0.05, 0) is 38.3 Å². The number of pyridine rings is 1. The third-order valence-corrected chi connectivity index (χ3v) is 4.13. The van der Waals surface area contributed by atoms with Gasteiger partial charge >= 0.3 is 0 Å². The number of rotatable bonds is 4. The zero-order valence-corrected chi connectivity index (χ0v) is 13.6. The van der Waals surface area contributed by atoms with Crippen LogP contribution in [-0.4, -0.2) is 33.4 Å². The number of hydrogen-bond acceptors (Lipinski definition) is 7. The van der Waals surface area contributed by atoms with Gasteiger partial charge in [0, 0.05) is 18.8 Å². The zero-order chi connectivity index (χ0) is 16.9. The third-order valence-electron chi connectivity index (χ3n) is 4.13. The normalized spacial score (nSPS) is 17.4. The molecule has 24 heavy (non-hydrogen) atoms. The SMILES string of the molecule is CC1CCCCN1c1ncnc(NNC(=O)c2ccccn2)c1N. The van der Waals surface area contributed by atoms with Crippen molar-refractivity contribution in [1.29, 1.82) is 0 Å². The molecule has 1 amide bonds. The van der Waals surface area contributed by atoms with E-state index >= 15 is 0 Å². The molecule has 0 saturated carbocycles. The van der Waals surface area contributed by atoms with Crippen LogP contribution in [0.4, 0.5) is 17.3 Å². The fraction of sp³-hybridized carbons (Fsp3) is 0.375. The maximum absolute atomic E-state index is 12.0. The van der Waals surface area contributed by atoms with Crippen molar-refractivity contribution >= 4 is 23.2 Å². The van der Waals surface area contributed by atoms with Crippen molar-refractivity contribution in [3.63, 3.8) is 0 Å². The number of hydrogen-bond donors (Lipinski definition) is 3. The van der Waals surface area contributed by atoms with E-state index in [1.165, 1.54) is 12.7 Å². The number of anilines is 3. The van der Waals surface area contributed by atoms with Crippen LogP contribution >= 0.6 is 0 Å². The number of hydrazine groups is 1. The van der Waals surface area contributed by atoms with Crippen LogP contribution in [0, 0.1) is 0 Å². The quantitative estimate of drug-likeness (QED) is 0.732. The molecule has 8 heteroatoms. The van der Waals surface area contributed by atoms with E-state index in [1.807, 2.05) is 0 Å². The third kappa shape index (κ3) is 3.37. The number of nitrogen functional groups attached to an aromatic ring is 1. The lowest BCUT2D eigenvalue weighted by Gasteiger charge is -2.35. The summed E-state index contributed by atoms with van der Waals surface area (Å²) in [5.41, 5.74) is 12.3. The smallest absolute Gasteiger partial charge is 0.288 e. The van der Waals surface area contributed by atoms with Gasteiger partial charge in [-0.1, -0.05) is 6.07 Å². The highest BCUT2D eigenvalue weighted by Crippen LogP contribution is 2.30. The molecule has 1 aliphatic rings. The first-order valence-corrected chi connectivity index (χ1v) is 8.01. The molecule has 0 spiro atoms. The molecular weight excluding hydrogens is 306 g/mol. The van der Waals surface area contributed by atoms with Crippen molar-refractivity contribution in [3.05, 3.63) is 36.4 Å². The van der Waals surface area contributed by atoms with Crippen molar-refractivity contribution in [2.75, 3.05) is 22.6 Å². The molecule has 0 bridgehead atoms. The Bertz CT molecular complexity index is 707. The summed E-state index contributed by atoms with van der Waals surface area (Å²) in [5, 5.41) is 0. The van der Waals surface area contributed by atoms with Crippen molar-refractivity contribution in [2.45, 2.75) is 32.2 Å². The maximum atomic E-state index is 12.0. The highest BCUT2D eigenvalue weighted by molar-refractivity contribution is 5.93. The summed E-state index contributed by atoms with van der Waals surface area (Å²) in [7, 11) is 0. The largest absolute Gasteiger partial charge is 0.393 e. The molecule has 0 radical (unpaired) electrons. The Morgan fingerprint density at radius 3 is 2.92 bits per heavy atom. The van der Waals surface area contributed by atoms with Crippen molar-refractivity contribution in [2.24, 2.45) is 0 Å². The van der Waals surface area contributed by atoms with E-state index in [0.717, 1.165) is 19.4 Å². The van der Waals surface area contributed by atoms with Gasteiger partial charge in [0.15, 0.2) is 11.6 Å². The molecule has 8 nitrogen and oxygen atoms in total. The molecule has 2 aromatic rings. The van der Waals surface area contributed by atoms with Crippen LogP contribution in [0.3, 0.4) is 0 Å². The molecule has 1 atom stereocenters. The second-order valence-corrected chi connectivity index (χ2v) is 5.79. The Kier molecular flexibility index (Phi) is 4.74. The van der Waals surface area contributed by atoms with Crippen LogP contribution in [0.1, 0.15) is 36.7 Å². The summed E-state index contributed by atoms with van der Waals surface area (Å²) >= 11 is 0. The highest BCUT2D eigenvalue weighted by atomic mass is 16.2. The van der Waals surface area contributed by atoms with Crippen LogP contribution in [0.15, 0.2) is 30.7 Å². The average Bonchev–Trinajstić information content (AvgIpc) is 2.62. The van der Waals surface area contributed by atoms with Gasteiger partial charge in [-0.2, -0.15) is 0 Å². The Labute approximate surface area is 140 Å². The molecule has 1 aliphatic heterocycles. The molecule has 0 aromatic carbocycles. The number of nitrogens with zero attached hydrogens (tertiary/aromatic N) is 4. The maximum Gasteiger partial charge on any atom is 0.288 e. The van der Waals surface area contributed by atoms with Gasteiger partial charge in [-0.3, -0.25) is 20.6 Å². The molecule has 1 saturated heterocycles. The van der Waals surface area contributed by atoms with Crippen LogP contribution in [0.25, 0.3) is 0 Å². The van der Waals surface area contributed by atoms with E-state index in [2.05, 4.69) is 37.6 Å². The van der Waals surface area contributed by atoms with Gasteiger partial charge < -0.3 is 10.6 Å². The molecule has 4 N–H and O–H groups in total. The van der Waals surface area contributed by atoms with Gasteiger partial charge in [-0.25, -0.2) is 9.97 Å². The zero-order valence-electron chi connectivity index (χ0n) is 13.6. The molecule has 2 aromatic heterocycles. The Morgan fingerprint density at radius 1 is 1.29 bits per heavy atom. The first kappa shape index (κ1) is 16.0. The van der Waals surface area contributed by atoms with Gasteiger partial charge in [0.1, 0.15) is 17.7 Å². The van der Waals surface area contributed by atoms with Gasteiger partial charge in [0.2, 0.25) is 0 Å². The predicted octanol–water partition coefficient (Wildman–Crippen LogP) is 1.59. The summed E-state index contributed by atoms with van der Waals surface area (Å²) in [5.74, 6) is 0.718. The molecule has 3 heterocycles. The lowest BCUT2D eigenvalue weighted by molar-refractivity contribution is 0.0957. The minimum Gasteiger partial charge on any atom is -0.393 e. The minimum absolute atomic E-state index is 0.308. The Hall–Kier alpha value is -2.90. The lowest BCUT2D eigenvalue weighted by Crippen LogP contribution is -2.39. The number of nitrogens with two attached hydrogens (primary N) is 1. The second kappa shape index (κ2) is 7.12. The average molecular weight is 327 g/mol. The van der Waals surface area contributed by atoms with Crippen LogP contribution in [0.5, 0.6) is 0 Å². The van der Waals surface area contributed by atoms with E-state index in [4.69, 9.17) is 5.73 Å². The molecular formula is C16H21N7O. The Morgan fingerprint density at radius 2 is 2.17 bits per heavy atom. The van der Waals surface area contributed by atoms with Gasteiger partial charge in [0.25, 0.3) is 5.91 Å². The topological polar surface area (TPSA) is 109 Å².